The monoisotopic (exact) mass is 468 g/mol. The van der Waals surface area contributed by atoms with E-state index in [0.717, 1.165) is 43.0 Å². The van der Waals surface area contributed by atoms with Gasteiger partial charge in [0.1, 0.15) is 5.75 Å². The molecular weight excluding hydrogens is 440 g/mol. The third-order valence-electron chi connectivity index (χ3n) is 5.23. The number of ketones is 1. The molecule has 0 atom stereocenters. The average molecular weight is 469 g/mol. The highest BCUT2D eigenvalue weighted by Crippen LogP contribution is 2.34. The van der Waals surface area contributed by atoms with Crippen LogP contribution >= 0.6 is 23.1 Å². The first-order valence-electron chi connectivity index (χ1n) is 10.5. The quantitative estimate of drug-likeness (QED) is 0.217. The lowest BCUT2D eigenvalue weighted by molar-refractivity contribution is -0.152. The smallest absolute Gasteiger partial charge is 0.347 e. The van der Waals surface area contributed by atoms with Crippen LogP contribution in [-0.4, -0.2) is 28.2 Å². The Balaban J connectivity index is 1.85. The molecular formula is C26H28O4S2. The summed E-state index contributed by atoms with van der Waals surface area (Å²) < 4.78 is 6.89. The predicted molar refractivity (Wildman–Crippen MR) is 135 cm³/mol. The summed E-state index contributed by atoms with van der Waals surface area (Å²) in [6.45, 7) is 10.9. The number of rotatable bonds is 8. The van der Waals surface area contributed by atoms with E-state index in [2.05, 4.69) is 25.1 Å². The molecule has 0 spiro atoms. The number of aliphatic carboxylic acids is 1. The van der Waals surface area contributed by atoms with Gasteiger partial charge in [-0.15, -0.1) is 23.1 Å². The normalized spacial score (nSPS) is 11.9. The summed E-state index contributed by atoms with van der Waals surface area (Å²) >= 11 is 3.33. The molecule has 0 saturated carbocycles. The standard InChI is InChI=1S/C26H28O4S2/c1-7-31-19-9-10-20-17(4)24(32-22(20)14-19)21(27)11-8-18-12-15(2)23(16(3)13-18)30-26(5,6)25(28)29/h8-14H,7H2,1-6H3,(H,28,29). The summed E-state index contributed by atoms with van der Waals surface area (Å²) in [6, 6.07) is 10.2. The van der Waals surface area contributed by atoms with E-state index in [1.807, 2.05) is 32.9 Å². The zero-order chi connectivity index (χ0) is 23.6. The Morgan fingerprint density at radius 2 is 1.78 bits per heavy atom. The number of hydrogen-bond donors (Lipinski definition) is 1. The molecule has 0 saturated heterocycles. The number of thiophene rings is 1. The molecule has 3 rings (SSSR count). The van der Waals surface area contributed by atoms with Gasteiger partial charge in [0.05, 0.1) is 4.88 Å². The molecule has 0 radical (unpaired) electrons. The van der Waals surface area contributed by atoms with Crippen molar-refractivity contribution in [3.63, 3.8) is 0 Å². The number of carbonyl (C=O) groups excluding carboxylic acids is 1. The Kier molecular flexibility index (Phi) is 7.16. The highest BCUT2D eigenvalue weighted by Gasteiger charge is 2.30. The van der Waals surface area contributed by atoms with E-state index in [1.165, 1.54) is 30.1 Å². The second kappa shape index (κ2) is 9.51. The molecule has 0 fully saturated rings. The molecule has 0 aliphatic rings. The minimum atomic E-state index is -1.32. The molecule has 6 heteroatoms. The topological polar surface area (TPSA) is 63.6 Å². The molecule has 0 aliphatic carbocycles. The van der Waals surface area contributed by atoms with E-state index in [9.17, 15) is 14.7 Å². The Morgan fingerprint density at radius 1 is 1.12 bits per heavy atom. The second-order valence-electron chi connectivity index (χ2n) is 8.25. The SMILES string of the molecule is CCSc1ccc2c(C)c(C(=O)C=Cc3cc(C)c(OC(C)(C)C(=O)O)c(C)c3)sc2c1. The maximum Gasteiger partial charge on any atom is 0.347 e. The van der Waals surface area contributed by atoms with E-state index in [4.69, 9.17) is 4.74 Å². The average Bonchev–Trinajstić information content (AvgIpc) is 3.05. The molecule has 2 aromatic carbocycles. The van der Waals surface area contributed by atoms with Crippen molar-refractivity contribution in [2.24, 2.45) is 0 Å². The van der Waals surface area contributed by atoms with Gasteiger partial charge in [-0.1, -0.05) is 19.1 Å². The lowest BCUT2D eigenvalue weighted by Crippen LogP contribution is -2.38. The van der Waals surface area contributed by atoms with E-state index in [0.29, 0.717) is 5.75 Å². The Morgan fingerprint density at radius 3 is 2.38 bits per heavy atom. The molecule has 0 aliphatic heterocycles. The van der Waals surface area contributed by atoms with Gasteiger partial charge in [-0.2, -0.15) is 0 Å². The number of benzene rings is 2. The molecule has 1 aromatic heterocycles. The maximum absolute atomic E-state index is 12.9. The third kappa shape index (κ3) is 5.08. The summed E-state index contributed by atoms with van der Waals surface area (Å²) in [5, 5.41) is 10.5. The number of aryl methyl sites for hydroxylation is 3. The van der Waals surface area contributed by atoms with Crippen LogP contribution in [0.4, 0.5) is 0 Å². The molecule has 0 amide bonds. The number of carbonyl (C=O) groups is 2. The van der Waals surface area contributed by atoms with Gasteiger partial charge < -0.3 is 9.84 Å². The van der Waals surface area contributed by atoms with Crippen LogP contribution in [0.2, 0.25) is 0 Å². The molecule has 168 valence electrons. The van der Waals surface area contributed by atoms with Crippen molar-refractivity contribution in [1.82, 2.24) is 0 Å². The van der Waals surface area contributed by atoms with E-state index >= 15 is 0 Å². The summed E-state index contributed by atoms with van der Waals surface area (Å²) in [5.74, 6) is 0.531. The number of fused-ring (bicyclic) bond motifs is 1. The van der Waals surface area contributed by atoms with Crippen molar-refractivity contribution < 1.29 is 19.4 Å². The zero-order valence-corrected chi connectivity index (χ0v) is 20.9. The third-order valence-corrected chi connectivity index (χ3v) is 7.37. The maximum atomic E-state index is 12.9. The van der Waals surface area contributed by atoms with E-state index in [1.54, 1.807) is 23.9 Å². The fraction of sp³-hybridized carbons (Fsp3) is 0.308. The van der Waals surface area contributed by atoms with Crippen LogP contribution in [0, 0.1) is 20.8 Å². The number of carboxylic acids is 1. The molecule has 32 heavy (non-hydrogen) atoms. The predicted octanol–water partition coefficient (Wildman–Crippen LogP) is 7.08. The van der Waals surface area contributed by atoms with Crippen LogP contribution in [-0.2, 0) is 4.79 Å². The van der Waals surface area contributed by atoms with Crippen molar-refractivity contribution in [3.05, 3.63) is 63.5 Å². The largest absolute Gasteiger partial charge is 0.478 e. The summed E-state index contributed by atoms with van der Waals surface area (Å²) in [5.41, 5.74) is 2.21. The van der Waals surface area contributed by atoms with Crippen LogP contribution in [0.15, 0.2) is 41.3 Å². The van der Waals surface area contributed by atoms with Gasteiger partial charge in [-0.05, 0) is 98.4 Å². The van der Waals surface area contributed by atoms with Gasteiger partial charge in [-0.25, -0.2) is 4.79 Å². The number of allylic oxidation sites excluding steroid dienone is 1. The van der Waals surface area contributed by atoms with Gasteiger partial charge in [0.2, 0.25) is 0 Å². The Hall–Kier alpha value is -2.57. The fourth-order valence-electron chi connectivity index (χ4n) is 3.48. The van der Waals surface area contributed by atoms with Gasteiger partial charge in [-0.3, -0.25) is 4.79 Å². The van der Waals surface area contributed by atoms with Crippen molar-refractivity contribution in [2.45, 2.75) is 52.0 Å². The van der Waals surface area contributed by atoms with Crippen LogP contribution in [0.5, 0.6) is 5.75 Å². The fourth-order valence-corrected chi connectivity index (χ4v) is 5.43. The Labute approximate surface area is 197 Å². The molecule has 1 N–H and O–H groups in total. The molecule has 1 heterocycles. The van der Waals surface area contributed by atoms with Crippen LogP contribution in [0.3, 0.4) is 0 Å². The zero-order valence-electron chi connectivity index (χ0n) is 19.2. The second-order valence-corrected chi connectivity index (χ2v) is 10.6. The van der Waals surface area contributed by atoms with Crippen LogP contribution in [0.1, 0.15) is 52.7 Å². The van der Waals surface area contributed by atoms with E-state index < -0.39 is 11.6 Å². The van der Waals surface area contributed by atoms with Crippen LogP contribution < -0.4 is 4.74 Å². The number of carboxylic acid groups (broad SMARTS) is 1. The van der Waals surface area contributed by atoms with Gasteiger partial charge in [0, 0.05) is 9.60 Å². The van der Waals surface area contributed by atoms with Crippen molar-refractivity contribution in [2.75, 3.05) is 5.75 Å². The Bertz CT molecular complexity index is 1200. The molecule has 3 aromatic rings. The number of hydrogen-bond acceptors (Lipinski definition) is 5. The number of thioether (sulfide) groups is 1. The van der Waals surface area contributed by atoms with Gasteiger partial charge in [0.15, 0.2) is 11.4 Å². The summed E-state index contributed by atoms with van der Waals surface area (Å²) in [6.07, 6.45) is 3.41. The first kappa shape index (κ1) is 24.1. The molecule has 0 unspecified atom stereocenters. The van der Waals surface area contributed by atoms with E-state index in [-0.39, 0.29) is 5.78 Å². The van der Waals surface area contributed by atoms with Crippen molar-refractivity contribution in [1.29, 1.82) is 0 Å². The number of ether oxygens (including phenoxy) is 1. The minimum Gasteiger partial charge on any atom is -0.478 e. The van der Waals surface area contributed by atoms with Crippen LogP contribution in [0.25, 0.3) is 16.2 Å². The minimum absolute atomic E-state index is 0.0176. The lowest BCUT2D eigenvalue weighted by atomic mass is 10.0. The summed E-state index contributed by atoms with van der Waals surface area (Å²) in [7, 11) is 0. The first-order valence-corrected chi connectivity index (χ1v) is 12.3. The lowest BCUT2D eigenvalue weighted by Gasteiger charge is -2.24. The van der Waals surface area contributed by atoms with Gasteiger partial charge >= 0.3 is 5.97 Å². The molecule has 0 bridgehead atoms. The van der Waals surface area contributed by atoms with Crippen molar-refractivity contribution >= 4 is 51.0 Å². The molecule has 4 nitrogen and oxygen atoms in total. The highest BCUT2D eigenvalue weighted by molar-refractivity contribution is 7.99. The van der Waals surface area contributed by atoms with Gasteiger partial charge in [0.25, 0.3) is 0 Å². The summed E-state index contributed by atoms with van der Waals surface area (Å²) in [4.78, 5) is 26.3. The highest BCUT2D eigenvalue weighted by atomic mass is 32.2. The first-order chi connectivity index (χ1) is 15.0. The van der Waals surface area contributed by atoms with Crippen molar-refractivity contribution in [3.8, 4) is 5.75 Å².